The maximum atomic E-state index is 13.1. The molecule has 0 bridgehead atoms. The number of urea groups is 2. The maximum Gasteiger partial charge on any atom is 0.324 e. The molecule has 1 aliphatic rings. The van der Waals surface area contributed by atoms with Crippen molar-refractivity contribution in [2.75, 3.05) is 29.9 Å². The van der Waals surface area contributed by atoms with Gasteiger partial charge in [-0.05, 0) is 51.0 Å². The van der Waals surface area contributed by atoms with Gasteiger partial charge in [-0.25, -0.2) is 9.59 Å². The summed E-state index contributed by atoms with van der Waals surface area (Å²) in [4.78, 5) is 28.5. The molecule has 2 N–H and O–H groups in total. The van der Waals surface area contributed by atoms with E-state index in [1.54, 1.807) is 4.90 Å². The van der Waals surface area contributed by atoms with E-state index in [1.165, 1.54) is 11.1 Å². The van der Waals surface area contributed by atoms with E-state index in [0.717, 1.165) is 24.2 Å². The highest BCUT2D eigenvalue weighted by molar-refractivity contribution is 5.94. The molecule has 2 aromatic rings. The Bertz CT molecular complexity index is 845. The van der Waals surface area contributed by atoms with Crippen LogP contribution in [0.1, 0.15) is 30.0 Å². The van der Waals surface area contributed by atoms with Gasteiger partial charge >= 0.3 is 12.1 Å². The molecule has 1 fully saturated rings. The molecule has 1 heterocycles. The van der Waals surface area contributed by atoms with Crippen molar-refractivity contribution in [1.82, 2.24) is 10.2 Å². The second-order valence-electron chi connectivity index (χ2n) is 7.24. The number of carbonyl (C=O) groups excluding carboxylic acids is 2. The molecule has 28 heavy (non-hydrogen) atoms. The third-order valence-corrected chi connectivity index (χ3v) is 4.72. The SMILES string of the molecule is CCNC(=O)Nc1cccc(N2CCCN(Cc3cc(C)cc(C)c3)C2=O)c1. The van der Waals surface area contributed by atoms with Crippen molar-refractivity contribution in [2.24, 2.45) is 0 Å². The molecule has 0 atom stereocenters. The summed E-state index contributed by atoms with van der Waals surface area (Å²) in [5.41, 5.74) is 5.03. The lowest BCUT2D eigenvalue weighted by Crippen LogP contribution is -2.49. The van der Waals surface area contributed by atoms with Crippen LogP contribution in [0.3, 0.4) is 0 Å². The molecule has 0 aliphatic carbocycles. The quantitative estimate of drug-likeness (QED) is 0.813. The van der Waals surface area contributed by atoms with Crippen LogP contribution in [0.4, 0.5) is 21.0 Å². The molecule has 4 amide bonds. The number of aryl methyl sites for hydroxylation is 2. The van der Waals surface area contributed by atoms with Crippen molar-refractivity contribution < 1.29 is 9.59 Å². The Morgan fingerprint density at radius 1 is 1.07 bits per heavy atom. The van der Waals surface area contributed by atoms with E-state index >= 15 is 0 Å². The lowest BCUT2D eigenvalue weighted by molar-refractivity contribution is 0.192. The van der Waals surface area contributed by atoms with E-state index in [2.05, 4.69) is 42.7 Å². The van der Waals surface area contributed by atoms with Gasteiger partial charge in [-0.2, -0.15) is 0 Å². The van der Waals surface area contributed by atoms with Crippen LogP contribution in [0.5, 0.6) is 0 Å². The molecule has 148 valence electrons. The van der Waals surface area contributed by atoms with Gasteiger partial charge in [-0.3, -0.25) is 4.90 Å². The Labute approximate surface area is 166 Å². The third kappa shape index (κ3) is 4.82. The second kappa shape index (κ2) is 8.78. The molecule has 0 spiro atoms. The number of anilines is 2. The molecule has 1 aliphatic heterocycles. The van der Waals surface area contributed by atoms with Crippen LogP contribution >= 0.6 is 0 Å². The summed E-state index contributed by atoms with van der Waals surface area (Å²) in [6.07, 6.45) is 0.907. The van der Waals surface area contributed by atoms with E-state index in [9.17, 15) is 9.59 Å². The average Bonchev–Trinajstić information content (AvgIpc) is 2.63. The Kier molecular flexibility index (Phi) is 6.19. The number of carbonyl (C=O) groups is 2. The minimum Gasteiger partial charge on any atom is -0.338 e. The van der Waals surface area contributed by atoms with Crippen LogP contribution in [-0.2, 0) is 6.54 Å². The van der Waals surface area contributed by atoms with Gasteiger partial charge in [0.2, 0.25) is 0 Å². The fourth-order valence-electron chi connectivity index (χ4n) is 3.64. The molecule has 0 radical (unpaired) electrons. The van der Waals surface area contributed by atoms with Crippen molar-refractivity contribution in [3.8, 4) is 0 Å². The highest BCUT2D eigenvalue weighted by Gasteiger charge is 2.27. The summed E-state index contributed by atoms with van der Waals surface area (Å²) in [7, 11) is 0. The first-order valence-corrected chi connectivity index (χ1v) is 9.75. The van der Waals surface area contributed by atoms with Gasteiger partial charge in [-0.1, -0.05) is 35.4 Å². The predicted molar refractivity (Wildman–Crippen MR) is 113 cm³/mol. The summed E-state index contributed by atoms with van der Waals surface area (Å²) in [6.45, 7) is 8.61. The zero-order valence-corrected chi connectivity index (χ0v) is 16.8. The van der Waals surface area contributed by atoms with Gasteiger partial charge in [0.15, 0.2) is 0 Å². The van der Waals surface area contributed by atoms with Crippen LogP contribution in [0.15, 0.2) is 42.5 Å². The van der Waals surface area contributed by atoms with E-state index in [1.807, 2.05) is 36.1 Å². The summed E-state index contributed by atoms with van der Waals surface area (Å²) in [6, 6.07) is 13.6. The Hall–Kier alpha value is -3.02. The van der Waals surface area contributed by atoms with Crippen LogP contribution in [0.25, 0.3) is 0 Å². The normalized spacial score (nSPS) is 14.2. The monoisotopic (exact) mass is 380 g/mol. The summed E-state index contributed by atoms with van der Waals surface area (Å²) in [5.74, 6) is 0. The first-order chi connectivity index (χ1) is 13.5. The molecule has 3 rings (SSSR count). The maximum absolute atomic E-state index is 13.1. The van der Waals surface area contributed by atoms with Crippen molar-refractivity contribution in [2.45, 2.75) is 33.7 Å². The van der Waals surface area contributed by atoms with Crippen LogP contribution in [0.2, 0.25) is 0 Å². The number of benzene rings is 2. The highest BCUT2D eigenvalue weighted by atomic mass is 16.2. The molecular weight excluding hydrogens is 352 g/mol. The molecular formula is C22H28N4O2. The van der Waals surface area contributed by atoms with Gasteiger partial charge in [0, 0.05) is 37.6 Å². The first-order valence-electron chi connectivity index (χ1n) is 9.75. The Balaban J connectivity index is 1.74. The number of rotatable bonds is 5. The van der Waals surface area contributed by atoms with Crippen LogP contribution in [-0.4, -0.2) is 36.6 Å². The van der Waals surface area contributed by atoms with Gasteiger partial charge in [0.1, 0.15) is 0 Å². The Morgan fingerprint density at radius 2 is 1.82 bits per heavy atom. The fourth-order valence-corrected chi connectivity index (χ4v) is 3.64. The summed E-state index contributed by atoms with van der Waals surface area (Å²) in [5, 5.41) is 5.51. The number of hydrogen-bond donors (Lipinski definition) is 2. The van der Waals surface area contributed by atoms with Crippen LogP contribution in [0, 0.1) is 13.8 Å². The van der Waals surface area contributed by atoms with Crippen LogP contribution < -0.4 is 15.5 Å². The van der Waals surface area contributed by atoms with Crippen molar-refractivity contribution in [3.63, 3.8) is 0 Å². The highest BCUT2D eigenvalue weighted by Crippen LogP contribution is 2.24. The summed E-state index contributed by atoms with van der Waals surface area (Å²) < 4.78 is 0. The molecule has 2 aromatic carbocycles. The first kappa shape index (κ1) is 19.7. The molecule has 6 nitrogen and oxygen atoms in total. The average molecular weight is 380 g/mol. The lowest BCUT2D eigenvalue weighted by Gasteiger charge is -2.36. The molecule has 6 heteroatoms. The van der Waals surface area contributed by atoms with E-state index < -0.39 is 0 Å². The minimum atomic E-state index is -0.249. The van der Waals surface area contributed by atoms with Gasteiger partial charge < -0.3 is 15.5 Å². The largest absolute Gasteiger partial charge is 0.338 e. The van der Waals surface area contributed by atoms with E-state index in [4.69, 9.17) is 0 Å². The number of hydrogen-bond acceptors (Lipinski definition) is 2. The van der Waals surface area contributed by atoms with Gasteiger partial charge in [0.25, 0.3) is 0 Å². The van der Waals surface area contributed by atoms with Crippen molar-refractivity contribution >= 4 is 23.4 Å². The molecule has 1 saturated heterocycles. The van der Waals surface area contributed by atoms with Gasteiger partial charge in [0.05, 0.1) is 0 Å². The van der Waals surface area contributed by atoms with Crippen molar-refractivity contribution in [3.05, 3.63) is 59.2 Å². The molecule has 0 unspecified atom stereocenters. The fraction of sp³-hybridized carbons (Fsp3) is 0.364. The lowest BCUT2D eigenvalue weighted by atomic mass is 10.1. The minimum absolute atomic E-state index is 0.000527. The molecule has 0 aromatic heterocycles. The van der Waals surface area contributed by atoms with E-state index in [0.29, 0.717) is 25.3 Å². The Morgan fingerprint density at radius 3 is 2.54 bits per heavy atom. The zero-order chi connectivity index (χ0) is 20.1. The topological polar surface area (TPSA) is 64.7 Å². The number of nitrogens with one attached hydrogen (secondary N) is 2. The van der Waals surface area contributed by atoms with E-state index in [-0.39, 0.29) is 12.1 Å². The van der Waals surface area contributed by atoms with Crippen molar-refractivity contribution in [1.29, 1.82) is 0 Å². The molecule has 0 saturated carbocycles. The second-order valence-corrected chi connectivity index (χ2v) is 7.24. The standard InChI is InChI=1S/C22H28N4O2/c1-4-23-21(27)24-19-7-5-8-20(14-19)26-10-6-9-25(22(26)28)15-18-12-16(2)11-17(3)13-18/h5,7-8,11-14H,4,6,9-10,15H2,1-3H3,(H2,23,24,27). The number of amides is 4. The summed E-state index contributed by atoms with van der Waals surface area (Å²) >= 11 is 0. The van der Waals surface area contributed by atoms with Gasteiger partial charge in [-0.15, -0.1) is 0 Å². The third-order valence-electron chi connectivity index (χ3n) is 4.72. The predicted octanol–water partition coefficient (Wildman–Crippen LogP) is 4.28. The zero-order valence-electron chi connectivity index (χ0n) is 16.8. The number of nitrogens with zero attached hydrogens (tertiary/aromatic N) is 2. The smallest absolute Gasteiger partial charge is 0.324 e.